The smallest absolute Gasteiger partial charge is 0.407 e. The van der Waals surface area contributed by atoms with Crippen molar-refractivity contribution in [2.45, 2.75) is 45.3 Å². The van der Waals surface area contributed by atoms with Crippen LogP contribution in [0, 0.1) is 0 Å². The lowest BCUT2D eigenvalue weighted by molar-refractivity contribution is -0.00524. The molecule has 22 heavy (non-hydrogen) atoms. The summed E-state index contributed by atoms with van der Waals surface area (Å²) in [6.07, 6.45) is -0.857. The molecule has 0 saturated carbocycles. The first-order valence-corrected chi connectivity index (χ1v) is 8.06. The zero-order valence-corrected chi connectivity index (χ0v) is 14.6. The zero-order valence-electron chi connectivity index (χ0n) is 13.0. The Labute approximate surface area is 138 Å². The highest BCUT2D eigenvalue weighted by Gasteiger charge is 2.31. The summed E-state index contributed by atoms with van der Waals surface area (Å²) in [5.41, 5.74) is 0.135. The van der Waals surface area contributed by atoms with Gasteiger partial charge in [0, 0.05) is 6.04 Å². The Morgan fingerprint density at radius 2 is 2.05 bits per heavy atom. The molecule has 2 N–H and O–H groups in total. The molecule has 1 heterocycles. The number of carbonyl (C=O) groups excluding carboxylic acids is 1. The van der Waals surface area contributed by atoms with Gasteiger partial charge in [-0.25, -0.2) is 13.6 Å². The maximum Gasteiger partial charge on any atom is 0.407 e. The predicted octanol–water partition coefficient (Wildman–Crippen LogP) is 4.21. The van der Waals surface area contributed by atoms with Crippen molar-refractivity contribution < 1.29 is 18.3 Å². The third-order valence-corrected chi connectivity index (χ3v) is 3.75. The standard InChI is InChI=1S/C14H21ClF2N2O2S/c1-9(10-5-11(15)22-6-10)18-7-14(16,17)8-19-12(20)21-13(2,3)4/h5-6,9,18H,7-8H2,1-4H3,(H,19,20). The van der Waals surface area contributed by atoms with Gasteiger partial charge in [0.25, 0.3) is 5.92 Å². The van der Waals surface area contributed by atoms with Gasteiger partial charge in [-0.3, -0.25) is 0 Å². The molecule has 1 aromatic rings. The van der Waals surface area contributed by atoms with Gasteiger partial charge in [-0.2, -0.15) is 0 Å². The van der Waals surface area contributed by atoms with Gasteiger partial charge >= 0.3 is 6.09 Å². The van der Waals surface area contributed by atoms with Gasteiger partial charge in [0.1, 0.15) is 5.60 Å². The lowest BCUT2D eigenvalue weighted by Crippen LogP contribution is -2.45. The number of hydrogen-bond donors (Lipinski definition) is 2. The summed E-state index contributed by atoms with van der Waals surface area (Å²) in [7, 11) is 0. The minimum absolute atomic E-state index is 0.254. The number of alkyl halides is 2. The lowest BCUT2D eigenvalue weighted by atomic mass is 10.2. The number of ether oxygens (including phenoxy) is 1. The van der Waals surface area contributed by atoms with Crippen molar-refractivity contribution in [1.82, 2.24) is 10.6 Å². The summed E-state index contributed by atoms with van der Waals surface area (Å²) in [5, 5.41) is 6.62. The topological polar surface area (TPSA) is 50.4 Å². The first-order valence-electron chi connectivity index (χ1n) is 6.80. The lowest BCUT2D eigenvalue weighted by Gasteiger charge is -2.23. The summed E-state index contributed by atoms with van der Waals surface area (Å²) in [6.45, 7) is 5.43. The van der Waals surface area contributed by atoms with E-state index < -0.39 is 30.7 Å². The zero-order chi connectivity index (χ0) is 17.0. The first kappa shape index (κ1) is 19.1. The van der Waals surface area contributed by atoms with Crippen LogP contribution in [-0.2, 0) is 4.74 Å². The Bertz CT molecular complexity index is 503. The molecular formula is C14H21ClF2N2O2S. The SMILES string of the molecule is CC(NCC(F)(F)CNC(=O)OC(C)(C)C)c1csc(Cl)c1. The van der Waals surface area contributed by atoms with Crippen molar-refractivity contribution >= 4 is 29.0 Å². The fourth-order valence-electron chi connectivity index (χ4n) is 1.55. The number of rotatable bonds is 6. The van der Waals surface area contributed by atoms with E-state index in [2.05, 4.69) is 10.6 Å². The van der Waals surface area contributed by atoms with Crippen LogP contribution in [0.1, 0.15) is 39.3 Å². The molecule has 1 rings (SSSR count). The molecule has 0 spiro atoms. The molecule has 1 unspecified atom stereocenters. The van der Waals surface area contributed by atoms with Crippen molar-refractivity contribution in [3.63, 3.8) is 0 Å². The molecule has 0 bridgehead atoms. The second-order valence-corrected chi connectivity index (χ2v) is 7.54. The molecule has 0 aliphatic heterocycles. The highest BCUT2D eigenvalue weighted by atomic mass is 35.5. The van der Waals surface area contributed by atoms with Gasteiger partial charge in [0.2, 0.25) is 0 Å². The molecule has 126 valence electrons. The van der Waals surface area contributed by atoms with Crippen LogP contribution in [-0.4, -0.2) is 30.7 Å². The van der Waals surface area contributed by atoms with E-state index in [-0.39, 0.29) is 6.04 Å². The van der Waals surface area contributed by atoms with E-state index in [1.165, 1.54) is 11.3 Å². The maximum absolute atomic E-state index is 13.7. The van der Waals surface area contributed by atoms with Gasteiger partial charge in [-0.1, -0.05) is 11.6 Å². The van der Waals surface area contributed by atoms with E-state index in [1.54, 1.807) is 33.8 Å². The summed E-state index contributed by atoms with van der Waals surface area (Å²) < 4.78 is 33.0. The Morgan fingerprint density at radius 3 is 2.55 bits per heavy atom. The van der Waals surface area contributed by atoms with Gasteiger partial charge in [-0.05, 0) is 44.7 Å². The number of halogens is 3. The average molecular weight is 355 g/mol. The molecule has 0 radical (unpaired) electrons. The van der Waals surface area contributed by atoms with Gasteiger partial charge < -0.3 is 15.4 Å². The summed E-state index contributed by atoms with van der Waals surface area (Å²) in [6, 6.07) is 1.48. The van der Waals surface area contributed by atoms with E-state index in [4.69, 9.17) is 16.3 Å². The Hall–Kier alpha value is -0.920. The Kier molecular flexibility index (Phi) is 6.58. The Balaban J connectivity index is 2.38. The van der Waals surface area contributed by atoms with Gasteiger partial charge in [-0.15, -0.1) is 11.3 Å². The van der Waals surface area contributed by atoms with Gasteiger partial charge in [0.05, 0.1) is 17.4 Å². The molecule has 1 aromatic heterocycles. The van der Waals surface area contributed by atoms with Gasteiger partial charge in [0.15, 0.2) is 0 Å². The molecule has 1 atom stereocenters. The largest absolute Gasteiger partial charge is 0.444 e. The molecule has 0 aliphatic rings. The van der Waals surface area contributed by atoms with Crippen LogP contribution in [0.25, 0.3) is 0 Å². The van der Waals surface area contributed by atoms with E-state index in [1.807, 2.05) is 5.38 Å². The van der Waals surface area contributed by atoms with Crippen molar-refractivity contribution in [3.8, 4) is 0 Å². The summed E-state index contributed by atoms with van der Waals surface area (Å²) >= 11 is 7.16. The van der Waals surface area contributed by atoms with E-state index >= 15 is 0 Å². The van der Waals surface area contributed by atoms with Crippen molar-refractivity contribution in [2.24, 2.45) is 0 Å². The predicted molar refractivity (Wildman–Crippen MR) is 84.9 cm³/mol. The normalized spacial score (nSPS) is 13.8. The Morgan fingerprint density at radius 1 is 1.41 bits per heavy atom. The first-order chi connectivity index (χ1) is 9.98. The van der Waals surface area contributed by atoms with E-state index in [0.717, 1.165) is 5.56 Å². The highest BCUT2D eigenvalue weighted by Crippen LogP contribution is 2.25. The molecule has 0 aliphatic carbocycles. The van der Waals surface area contributed by atoms with Crippen molar-refractivity contribution in [3.05, 3.63) is 21.3 Å². The molecular weight excluding hydrogens is 334 g/mol. The molecule has 8 heteroatoms. The monoisotopic (exact) mass is 354 g/mol. The fraction of sp³-hybridized carbons (Fsp3) is 0.643. The van der Waals surface area contributed by atoms with Crippen LogP contribution < -0.4 is 10.6 Å². The van der Waals surface area contributed by atoms with Crippen LogP contribution in [0.5, 0.6) is 0 Å². The van der Waals surface area contributed by atoms with Crippen LogP contribution in [0.4, 0.5) is 13.6 Å². The maximum atomic E-state index is 13.7. The highest BCUT2D eigenvalue weighted by molar-refractivity contribution is 7.14. The third kappa shape index (κ3) is 7.38. The average Bonchev–Trinajstić information content (AvgIpc) is 2.79. The number of thiophene rings is 1. The van der Waals surface area contributed by atoms with Crippen molar-refractivity contribution in [1.29, 1.82) is 0 Å². The summed E-state index contributed by atoms with van der Waals surface area (Å²) in [5.74, 6) is -3.08. The van der Waals surface area contributed by atoms with Crippen LogP contribution in [0.3, 0.4) is 0 Å². The number of carbonyl (C=O) groups is 1. The minimum Gasteiger partial charge on any atom is -0.444 e. The quantitative estimate of drug-likeness (QED) is 0.804. The summed E-state index contributed by atoms with van der Waals surface area (Å²) in [4.78, 5) is 11.4. The number of amides is 1. The molecule has 0 aromatic carbocycles. The molecule has 0 saturated heterocycles. The number of hydrogen-bond acceptors (Lipinski definition) is 4. The minimum atomic E-state index is -3.08. The second kappa shape index (κ2) is 7.57. The molecule has 1 amide bonds. The van der Waals surface area contributed by atoms with Crippen LogP contribution >= 0.6 is 22.9 Å². The third-order valence-electron chi connectivity index (χ3n) is 2.64. The van der Waals surface area contributed by atoms with Crippen molar-refractivity contribution in [2.75, 3.05) is 13.1 Å². The number of nitrogens with one attached hydrogen (secondary N) is 2. The van der Waals surface area contributed by atoms with E-state index in [0.29, 0.717) is 4.34 Å². The molecule has 0 fully saturated rings. The fourth-order valence-corrected chi connectivity index (χ4v) is 2.53. The number of alkyl carbamates (subject to hydrolysis) is 1. The van der Waals surface area contributed by atoms with E-state index in [9.17, 15) is 13.6 Å². The van der Waals surface area contributed by atoms with Crippen LogP contribution in [0.2, 0.25) is 4.34 Å². The van der Waals surface area contributed by atoms with Crippen LogP contribution in [0.15, 0.2) is 11.4 Å². The molecule has 4 nitrogen and oxygen atoms in total. The second-order valence-electron chi connectivity index (χ2n) is 6.00.